The van der Waals surface area contributed by atoms with E-state index in [0.717, 1.165) is 25.9 Å². The maximum atomic E-state index is 14.1. The van der Waals surface area contributed by atoms with Crippen LogP contribution in [0.2, 0.25) is 5.02 Å². The largest absolute Gasteiger partial charge is 0.383 e. The second kappa shape index (κ2) is 8.99. The molecule has 27 heavy (non-hydrogen) atoms. The van der Waals surface area contributed by atoms with E-state index in [1.54, 1.807) is 12.0 Å². The van der Waals surface area contributed by atoms with E-state index >= 15 is 0 Å². The van der Waals surface area contributed by atoms with Crippen LogP contribution in [0.15, 0.2) is 18.2 Å². The van der Waals surface area contributed by atoms with Crippen molar-refractivity contribution in [3.05, 3.63) is 34.6 Å². The molecule has 3 rings (SSSR count). The van der Waals surface area contributed by atoms with Crippen LogP contribution in [0.25, 0.3) is 0 Å². The highest BCUT2D eigenvalue weighted by Gasteiger charge is 2.36. The maximum absolute atomic E-state index is 14.1. The SMILES string of the molecule is COCCN1CC[C@@H](N2CCCN(C(=O)c3c(F)cccc3Cl)CC2)C1=O. The van der Waals surface area contributed by atoms with Gasteiger partial charge in [-0.15, -0.1) is 0 Å². The van der Waals surface area contributed by atoms with Crippen LogP contribution < -0.4 is 0 Å². The number of halogens is 2. The number of methoxy groups -OCH3 is 1. The van der Waals surface area contributed by atoms with Crippen molar-refractivity contribution >= 4 is 23.4 Å². The minimum Gasteiger partial charge on any atom is -0.383 e. The normalized spacial score (nSPS) is 21.6. The molecule has 2 heterocycles. The highest BCUT2D eigenvalue weighted by molar-refractivity contribution is 6.33. The van der Waals surface area contributed by atoms with Crippen LogP contribution in [0.4, 0.5) is 4.39 Å². The zero-order valence-corrected chi connectivity index (χ0v) is 16.3. The smallest absolute Gasteiger partial charge is 0.258 e. The average Bonchev–Trinajstić information content (AvgIpc) is 2.85. The van der Waals surface area contributed by atoms with E-state index < -0.39 is 5.82 Å². The van der Waals surface area contributed by atoms with Crippen LogP contribution in [0, 0.1) is 5.82 Å². The first-order chi connectivity index (χ1) is 13.0. The van der Waals surface area contributed by atoms with Gasteiger partial charge >= 0.3 is 0 Å². The fourth-order valence-corrected chi connectivity index (χ4v) is 4.04. The Morgan fingerprint density at radius 3 is 2.81 bits per heavy atom. The number of likely N-dealkylation sites (tertiary alicyclic amines) is 1. The van der Waals surface area contributed by atoms with Crippen LogP contribution in [0.5, 0.6) is 0 Å². The molecule has 0 aromatic heterocycles. The molecule has 1 aromatic carbocycles. The second-order valence-corrected chi connectivity index (χ2v) is 7.31. The van der Waals surface area contributed by atoms with Gasteiger partial charge in [-0.2, -0.15) is 0 Å². The molecule has 2 aliphatic rings. The van der Waals surface area contributed by atoms with Gasteiger partial charge in [-0.05, 0) is 25.0 Å². The molecule has 1 atom stereocenters. The molecular formula is C19H25ClFN3O3. The third-order valence-electron chi connectivity index (χ3n) is 5.27. The summed E-state index contributed by atoms with van der Waals surface area (Å²) >= 11 is 6.04. The molecule has 2 amide bonds. The lowest BCUT2D eigenvalue weighted by Crippen LogP contribution is -2.44. The van der Waals surface area contributed by atoms with Crippen molar-refractivity contribution in [1.29, 1.82) is 0 Å². The van der Waals surface area contributed by atoms with Crippen LogP contribution >= 0.6 is 11.6 Å². The third-order valence-corrected chi connectivity index (χ3v) is 5.58. The van der Waals surface area contributed by atoms with Gasteiger partial charge in [0.25, 0.3) is 5.91 Å². The van der Waals surface area contributed by atoms with Crippen LogP contribution in [-0.4, -0.2) is 85.5 Å². The first-order valence-corrected chi connectivity index (χ1v) is 9.65. The summed E-state index contributed by atoms with van der Waals surface area (Å²) in [4.78, 5) is 31.0. The summed E-state index contributed by atoms with van der Waals surface area (Å²) in [7, 11) is 1.63. The molecule has 0 spiro atoms. The number of nitrogens with zero attached hydrogens (tertiary/aromatic N) is 3. The molecule has 2 aliphatic heterocycles. The molecule has 0 N–H and O–H groups in total. The standard InChI is InChI=1S/C19H25ClFN3O3/c1-27-13-12-24-9-6-16(18(24)25)22-7-3-8-23(11-10-22)19(26)17-14(20)4-2-5-15(17)21/h2,4-5,16H,3,6-13H2,1H3/t16-/m1/s1. The molecule has 1 aromatic rings. The van der Waals surface area contributed by atoms with Crippen molar-refractivity contribution in [2.24, 2.45) is 0 Å². The van der Waals surface area contributed by atoms with E-state index in [2.05, 4.69) is 4.90 Å². The van der Waals surface area contributed by atoms with Crippen LogP contribution in [0.3, 0.4) is 0 Å². The van der Waals surface area contributed by atoms with Gasteiger partial charge < -0.3 is 14.5 Å². The van der Waals surface area contributed by atoms with E-state index in [1.807, 2.05) is 4.90 Å². The molecule has 0 aliphatic carbocycles. The molecule has 2 saturated heterocycles. The first-order valence-electron chi connectivity index (χ1n) is 9.28. The predicted molar refractivity (Wildman–Crippen MR) is 100 cm³/mol. The monoisotopic (exact) mass is 397 g/mol. The average molecular weight is 398 g/mol. The summed E-state index contributed by atoms with van der Waals surface area (Å²) in [5.74, 6) is -0.864. The molecule has 0 bridgehead atoms. The summed E-state index contributed by atoms with van der Waals surface area (Å²) in [6.07, 6.45) is 1.52. The van der Waals surface area contributed by atoms with Crippen molar-refractivity contribution in [1.82, 2.24) is 14.7 Å². The minimum atomic E-state index is -0.603. The second-order valence-electron chi connectivity index (χ2n) is 6.90. The third kappa shape index (κ3) is 4.42. The highest BCUT2D eigenvalue weighted by atomic mass is 35.5. The van der Waals surface area contributed by atoms with E-state index in [-0.39, 0.29) is 28.4 Å². The molecule has 6 nitrogen and oxygen atoms in total. The Morgan fingerprint density at radius 2 is 2.07 bits per heavy atom. The van der Waals surface area contributed by atoms with Gasteiger partial charge in [-0.3, -0.25) is 14.5 Å². The molecular weight excluding hydrogens is 373 g/mol. The molecule has 0 radical (unpaired) electrons. The van der Waals surface area contributed by atoms with Crippen molar-refractivity contribution in [2.45, 2.75) is 18.9 Å². The number of carbonyl (C=O) groups excluding carboxylic acids is 2. The fourth-order valence-electron chi connectivity index (χ4n) is 3.80. The number of hydrogen-bond donors (Lipinski definition) is 0. The molecule has 148 valence electrons. The molecule has 0 saturated carbocycles. The Balaban J connectivity index is 1.63. The summed E-state index contributed by atoms with van der Waals surface area (Å²) in [6, 6.07) is 4.11. The lowest BCUT2D eigenvalue weighted by atomic mass is 10.1. The highest BCUT2D eigenvalue weighted by Crippen LogP contribution is 2.23. The van der Waals surface area contributed by atoms with Crippen molar-refractivity contribution in [2.75, 3.05) is 53.0 Å². The Kier molecular flexibility index (Phi) is 6.68. The zero-order valence-electron chi connectivity index (χ0n) is 15.5. The number of hydrogen-bond acceptors (Lipinski definition) is 4. The summed E-state index contributed by atoms with van der Waals surface area (Å²) < 4.78 is 19.1. The minimum absolute atomic E-state index is 0.0738. The first kappa shape index (κ1) is 20.0. The van der Waals surface area contributed by atoms with Gasteiger partial charge in [0.05, 0.1) is 23.2 Å². The maximum Gasteiger partial charge on any atom is 0.258 e. The van der Waals surface area contributed by atoms with E-state index in [9.17, 15) is 14.0 Å². The quantitative estimate of drug-likeness (QED) is 0.761. The van der Waals surface area contributed by atoms with Gasteiger partial charge in [0.1, 0.15) is 5.82 Å². The van der Waals surface area contributed by atoms with Crippen LogP contribution in [-0.2, 0) is 9.53 Å². The molecule has 8 heteroatoms. The lowest BCUT2D eigenvalue weighted by molar-refractivity contribution is -0.132. The van der Waals surface area contributed by atoms with E-state index in [1.165, 1.54) is 18.2 Å². The predicted octanol–water partition coefficient (Wildman–Crippen LogP) is 1.87. The number of ether oxygens (including phenoxy) is 1. The Morgan fingerprint density at radius 1 is 1.26 bits per heavy atom. The fraction of sp³-hybridized carbons (Fsp3) is 0.579. The Labute approximate surface area is 163 Å². The lowest BCUT2D eigenvalue weighted by Gasteiger charge is -2.26. The van der Waals surface area contributed by atoms with E-state index in [4.69, 9.17) is 16.3 Å². The summed E-state index contributed by atoms with van der Waals surface area (Å²) in [5, 5.41) is 0.126. The van der Waals surface area contributed by atoms with Gasteiger partial charge in [0.2, 0.25) is 5.91 Å². The Hall–Kier alpha value is -1.70. The number of carbonyl (C=O) groups is 2. The molecule has 2 fully saturated rings. The number of rotatable bonds is 5. The van der Waals surface area contributed by atoms with Crippen molar-refractivity contribution in [3.63, 3.8) is 0 Å². The van der Waals surface area contributed by atoms with Gasteiger partial charge in [0, 0.05) is 46.4 Å². The number of benzene rings is 1. The molecule has 0 unspecified atom stereocenters. The van der Waals surface area contributed by atoms with Gasteiger partial charge in [-0.1, -0.05) is 17.7 Å². The van der Waals surface area contributed by atoms with Crippen molar-refractivity contribution in [3.8, 4) is 0 Å². The zero-order chi connectivity index (χ0) is 19.4. The number of amides is 2. The van der Waals surface area contributed by atoms with Gasteiger partial charge in [-0.25, -0.2) is 4.39 Å². The Bertz CT molecular complexity index is 683. The topological polar surface area (TPSA) is 53.1 Å². The van der Waals surface area contributed by atoms with Crippen LogP contribution in [0.1, 0.15) is 23.2 Å². The summed E-state index contributed by atoms with van der Waals surface area (Å²) in [5.41, 5.74) is -0.0738. The van der Waals surface area contributed by atoms with E-state index in [0.29, 0.717) is 32.8 Å². The van der Waals surface area contributed by atoms with Crippen molar-refractivity contribution < 1.29 is 18.7 Å². The summed E-state index contributed by atoms with van der Waals surface area (Å²) in [6.45, 7) is 4.17. The van der Waals surface area contributed by atoms with Gasteiger partial charge in [0.15, 0.2) is 0 Å².